The highest BCUT2D eigenvalue weighted by molar-refractivity contribution is 6.08. The molecule has 1 aromatic rings. The first-order valence-corrected chi connectivity index (χ1v) is 5.09. The van der Waals surface area contributed by atoms with E-state index in [2.05, 4.69) is 0 Å². The van der Waals surface area contributed by atoms with Crippen molar-refractivity contribution in [3.05, 3.63) is 35.4 Å². The van der Waals surface area contributed by atoms with Crippen LogP contribution < -0.4 is 0 Å². The fraction of sp³-hybridized carbons (Fsp3) is 0.250. The molecule has 0 nitrogen and oxygen atoms in total. The molecule has 0 aliphatic carbocycles. The molecule has 0 unspecified atom stereocenters. The smallest absolute Gasteiger partial charge is 0.129 e. The van der Waals surface area contributed by atoms with Crippen LogP contribution in [0.15, 0.2) is 18.2 Å². The zero-order valence-corrected chi connectivity index (χ0v) is 8.40. The summed E-state index contributed by atoms with van der Waals surface area (Å²) in [7, 11) is 1.06. The van der Waals surface area contributed by atoms with E-state index in [4.69, 9.17) is 0 Å². The first kappa shape index (κ1) is 8.39. The Kier molecular flexibility index (Phi) is 2.76. The van der Waals surface area contributed by atoms with Crippen LogP contribution in [-0.2, 0) is 6.42 Å². The van der Waals surface area contributed by atoms with E-state index in [1.165, 1.54) is 12.1 Å². The van der Waals surface area contributed by atoms with E-state index in [1.807, 2.05) is 0 Å². The van der Waals surface area contributed by atoms with Gasteiger partial charge in [-0.3, -0.25) is 0 Å². The minimum absolute atomic E-state index is 0.416. The molecule has 0 spiro atoms. The third-order valence-corrected chi connectivity index (χ3v) is 2.03. The van der Waals surface area contributed by atoms with Gasteiger partial charge in [-0.1, -0.05) is 12.1 Å². The number of hydrogen-bond acceptors (Lipinski definition) is 0. The van der Waals surface area contributed by atoms with Gasteiger partial charge in [0.1, 0.15) is 11.6 Å². The van der Waals surface area contributed by atoms with Crippen molar-refractivity contribution in [2.75, 3.05) is 0 Å². The van der Waals surface area contributed by atoms with Crippen molar-refractivity contribution in [1.82, 2.24) is 0 Å². The van der Waals surface area contributed by atoms with Gasteiger partial charge >= 0.3 is 0 Å². The SMILES string of the molecule is Fc1ccc(CC[SiH3])c(F)c1. The van der Waals surface area contributed by atoms with Gasteiger partial charge in [-0.2, -0.15) is 0 Å². The maximum absolute atomic E-state index is 12.8. The van der Waals surface area contributed by atoms with E-state index < -0.39 is 11.6 Å². The third kappa shape index (κ3) is 2.12. The van der Waals surface area contributed by atoms with E-state index in [0.29, 0.717) is 5.56 Å². The topological polar surface area (TPSA) is 0 Å². The summed E-state index contributed by atoms with van der Waals surface area (Å²) in [5, 5.41) is 0. The van der Waals surface area contributed by atoms with E-state index in [1.54, 1.807) is 0 Å². The summed E-state index contributed by atoms with van der Waals surface area (Å²) in [6, 6.07) is 4.77. The van der Waals surface area contributed by atoms with Gasteiger partial charge < -0.3 is 0 Å². The number of benzene rings is 1. The maximum atomic E-state index is 12.8. The van der Waals surface area contributed by atoms with Crippen molar-refractivity contribution < 1.29 is 8.78 Å². The molecule has 0 aromatic heterocycles. The summed E-state index contributed by atoms with van der Waals surface area (Å²) in [6.07, 6.45) is 0.734. The molecule has 3 heteroatoms. The Morgan fingerprint density at radius 1 is 1.27 bits per heavy atom. The van der Waals surface area contributed by atoms with Gasteiger partial charge in [0.2, 0.25) is 0 Å². The molecule has 0 bridgehead atoms. The van der Waals surface area contributed by atoms with Crippen molar-refractivity contribution in [2.24, 2.45) is 0 Å². The molecule has 0 amide bonds. The predicted octanol–water partition coefficient (Wildman–Crippen LogP) is 1.29. The summed E-state index contributed by atoms with van der Waals surface area (Å²) in [6.45, 7) is 0. The molecule has 0 atom stereocenters. The standard InChI is InChI=1S/C8H10F2Si/c9-7-2-1-6(3-4-11)8(10)5-7/h1-2,5H,3-4H2,11H3. The molecule has 0 N–H and O–H groups in total. The van der Waals surface area contributed by atoms with Gasteiger partial charge in [0.05, 0.1) is 0 Å². The fourth-order valence-corrected chi connectivity index (χ4v) is 1.53. The lowest BCUT2D eigenvalue weighted by Crippen LogP contribution is -1.90. The summed E-state index contributed by atoms with van der Waals surface area (Å²) >= 11 is 0. The Bertz CT molecular complexity index is 248. The lowest BCUT2D eigenvalue weighted by Gasteiger charge is -1.99. The second-order valence-corrected chi connectivity index (χ2v) is 3.49. The highest BCUT2D eigenvalue weighted by Gasteiger charge is 2.00. The van der Waals surface area contributed by atoms with E-state index >= 15 is 0 Å². The molecule has 0 heterocycles. The van der Waals surface area contributed by atoms with Crippen LogP contribution in [0.1, 0.15) is 5.56 Å². The van der Waals surface area contributed by atoms with Gasteiger partial charge in [0, 0.05) is 16.3 Å². The van der Waals surface area contributed by atoms with Crippen molar-refractivity contribution in [3.8, 4) is 0 Å². The second-order valence-electron chi connectivity index (χ2n) is 2.49. The zero-order valence-electron chi connectivity index (χ0n) is 6.40. The molecule has 1 aromatic carbocycles. The summed E-state index contributed by atoms with van der Waals surface area (Å²) < 4.78 is 25.2. The lowest BCUT2D eigenvalue weighted by atomic mass is 10.1. The first-order chi connectivity index (χ1) is 5.24. The predicted molar refractivity (Wildman–Crippen MR) is 44.8 cm³/mol. The third-order valence-electron chi connectivity index (χ3n) is 1.53. The highest BCUT2D eigenvalue weighted by Crippen LogP contribution is 2.10. The Hall–Kier alpha value is -0.703. The largest absolute Gasteiger partial charge is 0.207 e. The van der Waals surface area contributed by atoms with Crippen LogP contribution in [0.4, 0.5) is 8.78 Å². The van der Waals surface area contributed by atoms with Crippen LogP contribution in [0.3, 0.4) is 0 Å². The van der Waals surface area contributed by atoms with E-state index in [-0.39, 0.29) is 0 Å². The molecule has 0 fully saturated rings. The monoisotopic (exact) mass is 172 g/mol. The summed E-state index contributed by atoms with van der Waals surface area (Å²) in [5.74, 6) is -0.916. The minimum Gasteiger partial charge on any atom is -0.207 e. The number of hydrogen-bond donors (Lipinski definition) is 0. The van der Waals surface area contributed by atoms with E-state index in [9.17, 15) is 8.78 Å². The van der Waals surface area contributed by atoms with Gasteiger partial charge in [-0.05, 0) is 18.1 Å². The van der Waals surface area contributed by atoms with Crippen LogP contribution in [0.5, 0.6) is 0 Å². The first-order valence-electron chi connectivity index (χ1n) is 3.68. The average molecular weight is 172 g/mol. The molecule has 11 heavy (non-hydrogen) atoms. The zero-order chi connectivity index (χ0) is 8.27. The second kappa shape index (κ2) is 3.62. The fourth-order valence-electron chi connectivity index (χ4n) is 0.994. The lowest BCUT2D eigenvalue weighted by molar-refractivity contribution is 0.573. The molecule has 0 saturated carbocycles. The van der Waals surface area contributed by atoms with Crippen molar-refractivity contribution in [2.45, 2.75) is 12.5 Å². The van der Waals surface area contributed by atoms with E-state index in [0.717, 1.165) is 28.8 Å². The quantitative estimate of drug-likeness (QED) is 0.590. The normalized spacial score (nSPS) is 10.4. The molecule has 0 radical (unpaired) electrons. The molecule has 0 saturated heterocycles. The maximum Gasteiger partial charge on any atom is 0.129 e. The Balaban J connectivity index is 2.90. The molecular weight excluding hydrogens is 162 g/mol. The van der Waals surface area contributed by atoms with Crippen molar-refractivity contribution >= 4 is 10.2 Å². The molecule has 60 valence electrons. The minimum atomic E-state index is -0.500. The van der Waals surface area contributed by atoms with Gasteiger partial charge in [0.15, 0.2) is 0 Å². The number of rotatable bonds is 2. The van der Waals surface area contributed by atoms with Crippen molar-refractivity contribution in [1.29, 1.82) is 0 Å². The van der Waals surface area contributed by atoms with Crippen LogP contribution in [0.2, 0.25) is 6.04 Å². The Morgan fingerprint density at radius 3 is 2.55 bits per heavy atom. The Morgan fingerprint density at radius 2 is 2.00 bits per heavy atom. The van der Waals surface area contributed by atoms with Crippen LogP contribution >= 0.6 is 0 Å². The van der Waals surface area contributed by atoms with Gasteiger partial charge in [-0.25, -0.2) is 8.78 Å². The Labute approximate surface area is 67.7 Å². The molecule has 1 rings (SSSR count). The van der Waals surface area contributed by atoms with Crippen LogP contribution in [-0.4, -0.2) is 10.2 Å². The van der Waals surface area contributed by atoms with Crippen molar-refractivity contribution in [3.63, 3.8) is 0 Å². The van der Waals surface area contributed by atoms with Gasteiger partial charge in [0.25, 0.3) is 0 Å². The van der Waals surface area contributed by atoms with Crippen LogP contribution in [0, 0.1) is 11.6 Å². The average Bonchev–Trinajstić information content (AvgIpc) is 1.95. The summed E-state index contributed by atoms with van der Waals surface area (Å²) in [4.78, 5) is 0. The number of halogens is 2. The summed E-state index contributed by atoms with van der Waals surface area (Å²) in [5.41, 5.74) is 0.626. The molecular formula is C8H10F2Si. The molecule has 0 aliphatic rings. The molecule has 0 aliphatic heterocycles. The van der Waals surface area contributed by atoms with Crippen LogP contribution in [0.25, 0.3) is 0 Å². The highest BCUT2D eigenvalue weighted by atomic mass is 28.1. The number of aryl methyl sites for hydroxylation is 1. The van der Waals surface area contributed by atoms with Gasteiger partial charge in [-0.15, -0.1) is 0 Å².